The quantitative estimate of drug-likeness (QED) is 0.536. The van der Waals surface area contributed by atoms with E-state index in [-0.39, 0.29) is 12.7 Å². The topological polar surface area (TPSA) is 18.5 Å². The highest BCUT2D eigenvalue weighted by Crippen LogP contribution is 2.35. The van der Waals surface area contributed by atoms with Gasteiger partial charge in [-0.05, 0) is 13.8 Å². The molecule has 98 valence electrons. The Labute approximate surface area is 88.5 Å². The van der Waals surface area contributed by atoms with E-state index in [1.54, 1.807) is 13.8 Å². The van der Waals surface area contributed by atoms with Crippen LogP contribution in [0.2, 0.25) is 0 Å². The molecule has 0 aromatic heterocycles. The van der Waals surface area contributed by atoms with Crippen LogP contribution in [0.25, 0.3) is 0 Å². The SMILES string of the molecule is CC(C)OCCOC(F)(F)C(F)C(F)(F)F. The lowest BCUT2D eigenvalue weighted by Gasteiger charge is -2.22. The lowest BCUT2D eigenvalue weighted by Crippen LogP contribution is -2.44. The van der Waals surface area contributed by atoms with Gasteiger partial charge in [0.05, 0.1) is 19.3 Å². The predicted molar refractivity (Wildman–Crippen MR) is 42.9 cm³/mol. The Morgan fingerprint density at radius 1 is 1.00 bits per heavy atom. The van der Waals surface area contributed by atoms with Crippen molar-refractivity contribution < 1.29 is 35.8 Å². The molecule has 0 rings (SSSR count). The van der Waals surface area contributed by atoms with Crippen molar-refractivity contribution in [3.63, 3.8) is 0 Å². The molecule has 0 fully saturated rings. The van der Waals surface area contributed by atoms with E-state index in [1.807, 2.05) is 0 Å². The van der Waals surface area contributed by atoms with Gasteiger partial charge in [0.2, 0.25) is 0 Å². The first-order valence-corrected chi connectivity index (χ1v) is 4.41. The molecule has 0 radical (unpaired) electrons. The number of halogens is 6. The van der Waals surface area contributed by atoms with Gasteiger partial charge in [0.25, 0.3) is 6.17 Å². The minimum Gasteiger partial charge on any atom is -0.376 e. The third-order valence-electron chi connectivity index (χ3n) is 1.41. The Bertz CT molecular complexity index is 203. The van der Waals surface area contributed by atoms with Crippen LogP contribution in [-0.2, 0) is 9.47 Å². The van der Waals surface area contributed by atoms with E-state index in [0.29, 0.717) is 0 Å². The number of alkyl halides is 6. The molecule has 1 unspecified atom stereocenters. The Balaban J connectivity index is 4.05. The maximum Gasteiger partial charge on any atom is 0.428 e. The molecular formula is C8H12F6O2. The van der Waals surface area contributed by atoms with Gasteiger partial charge in [-0.3, -0.25) is 0 Å². The second-order valence-corrected chi connectivity index (χ2v) is 3.23. The van der Waals surface area contributed by atoms with Crippen LogP contribution in [0.4, 0.5) is 26.3 Å². The number of ether oxygens (including phenoxy) is 2. The van der Waals surface area contributed by atoms with Crippen LogP contribution in [-0.4, -0.2) is 37.8 Å². The number of hydrogen-bond donors (Lipinski definition) is 0. The molecule has 2 nitrogen and oxygen atoms in total. The van der Waals surface area contributed by atoms with Crippen LogP contribution < -0.4 is 0 Å². The molecule has 8 heteroatoms. The van der Waals surface area contributed by atoms with E-state index < -0.39 is 25.1 Å². The lowest BCUT2D eigenvalue weighted by molar-refractivity contribution is -0.337. The second-order valence-electron chi connectivity index (χ2n) is 3.23. The van der Waals surface area contributed by atoms with Crippen molar-refractivity contribution in [3.05, 3.63) is 0 Å². The summed E-state index contributed by atoms with van der Waals surface area (Å²) in [5, 5.41) is 0. The summed E-state index contributed by atoms with van der Waals surface area (Å²) in [6.45, 7) is 2.05. The van der Waals surface area contributed by atoms with Gasteiger partial charge >= 0.3 is 12.3 Å². The Morgan fingerprint density at radius 3 is 1.88 bits per heavy atom. The number of hydrogen-bond acceptors (Lipinski definition) is 2. The van der Waals surface area contributed by atoms with Gasteiger partial charge in [-0.25, -0.2) is 4.39 Å². The van der Waals surface area contributed by atoms with Gasteiger partial charge in [-0.1, -0.05) is 0 Å². The summed E-state index contributed by atoms with van der Waals surface area (Å²) >= 11 is 0. The van der Waals surface area contributed by atoms with Crippen molar-refractivity contribution >= 4 is 0 Å². The minimum atomic E-state index is -5.65. The molecule has 0 aliphatic rings. The summed E-state index contributed by atoms with van der Waals surface area (Å²) in [4.78, 5) is 0. The van der Waals surface area contributed by atoms with E-state index >= 15 is 0 Å². The third kappa shape index (κ3) is 5.55. The fourth-order valence-electron chi connectivity index (χ4n) is 0.725. The van der Waals surface area contributed by atoms with Crippen LogP contribution in [0.15, 0.2) is 0 Å². The maximum atomic E-state index is 12.5. The second kappa shape index (κ2) is 5.72. The highest BCUT2D eigenvalue weighted by atomic mass is 19.4. The fourth-order valence-corrected chi connectivity index (χ4v) is 0.725. The standard InChI is InChI=1S/C8H12F6O2/c1-5(2)15-3-4-16-8(13,14)6(9)7(10,11)12/h5-6H,3-4H2,1-2H3. The molecule has 0 aromatic rings. The minimum absolute atomic E-state index is 0.277. The number of rotatable bonds is 6. The molecule has 0 amide bonds. The molecule has 16 heavy (non-hydrogen) atoms. The van der Waals surface area contributed by atoms with Crippen molar-refractivity contribution in [2.75, 3.05) is 13.2 Å². The summed E-state index contributed by atoms with van der Waals surface area (Å²) in [5.74, 6) is 0. The van der Waals surface area contributed by atoms with E-state index in [1.165, 1.54) is 0 Å². The Hall–Kier alpha value is -0.500. The highest BCUT2D eigenvalue weighted by Gasteiger charge is 2.58. The zero-order valence-corrected chi connectivity index (χ0v) is 8.65. The maximum absolute atomic E-state index is 12.5. The molecule has 0 heterocycles. The summed E-state index contributed by atoms with van der Waals surface area (Å²) in [6.07, 6.45) is -15.2. The Morgan fingerprint density at radius 2 is 1.50 bits per heavy atom. The normalized spacial score (nSPS) is 15.6. The molecule has 0 saturated heterocycles. The van der Waals surface area contributed by atoms with E-state index in [9.17, 15) is 26.3 Å². The summed E-state index contributed by atoms with van der Waals surface area (Å²) < 4.78 is 80.3. The van der Waals surface area contributed by atoms with Crippen molar-refractivity contribution in [2.45, 2.75) is 38.4 Å². The van der Waals surface area contributed by atoms with Gasteiger partial charge in [0, 0.05) is 0 Å². The lowest BCUT2D eigenvalue weighted by atomic mass is 10.3. The van der Waals surface area contributed by atoms with Gasteiger partial charge in [-0.2, -0.15) is 22.0 Å². The van der Waals surface area contributed by atoms with E-state index in [0.717, 1.165) is 0 Å². The first kappa shape index (κ1) is 15.5. The largest absolute Gasteiger partial charge is 0.428 e. The summed E-state index contributed by atoms with van der Waals surface area (Å²) in [6, 6.07) is 0. The zero-order chi connectivity index (χ0) is 13.0. The van der Waals surface area contributed by atoms with Crippen molar-refractivity contribution in [1.82, 2.24) is 0 Å². The van der Waals surface area contributed by atoms with Crippen molar-refractivity contribution in [1.29, 1.82) is 0 Å². The fraction of sp³-hybridized carbons (Fsp3) is 1.00. The first-order chi connectivity index (χ1) is 7.07. The van der Waals surface area contributed by atoms with Crippen LogP contribution in [0.3, 0.4) is 0 Å². The molecule has 0 bridgehead atoms. The van der Waals surface area contributed by atoms with E-state index in [2.05, 4.69) is 4.74 Å². The molecule has 0 aliphatic heterocycles. The first-order valence-electron chi connectivity index (χ1n) is 4.41. The van der Waals surface area contributed by atoms with Gasteiger partial charge in [-0.15, -0.1) is 0 Å². The molecule has 0 saturated carbocycles. The predicted octanol–water partition coefficient (Wildman–Crippen LogP) is 2.92. The van der Waals surface area contributed by atoms with Crippen LogP contribution >= 0.6 is 0 Å². The molecule has 0 spiro atoms. The van der Waals surface area contributed by atoms with Crippen LogP contribution in [0.5, 0.6) is 0 Å². The Kier molecular flexibility index (Phi) is 5.54. The van der Waals surface area contributed by atoms with Crippen molar-refractivity contribution in [3.8, 4) is 0 Å². The average molecular weight is 254 g/mol. The van der Waals surface area contributed by atoms with Gasteiger partial charge in [0.1, 0.15) is 0 Å². The monoisotopic (exact) mass is 254 g/mol. The zero-order valence-electron chi connectivity index (χ0n) is 8.65. The average Bonchev–Trinajstić information content (AvgIpc) is 2.09. The van der Waals surface area contributed by atoms with Gasteiger partial charge < -0.3 is 9.47 Å². The summed E-state index contributed by atoms with van der Waals surface area (Å²) in [5.41, 5.74) is 0. The van der Waals surface area contributed by atoms with E-state index in [4.69, 9.17) is 4.74 Å². The molecule has 0 aliphatic carbocycles. The van der Waals surface area contributed by atoms with Gasteiger partial charge in [0.15, 0.2) is 0 Å². The smallest absolute Gasteiger partial charge is 0.376 e. The van der Waals surface area contributed by atoms with Crippen LogP contribution in [0.1, 0.15) is 13.8 Å². The molecule has 1 atom stereocenters. The molecule has 0 aromatic carbocycles. The third-order valence-corrected chi connectivity index (χ3v) is 1.41. The summed E-state index contributed by atoms with van der Waals surface area (Å²) in [7, 11) is 0. The molecular weight excluding hydrogens is 242 g/mol. The van der Waals surface area contributed by atoms with Crippen molar-refractivity contribution in [2.24, 2.45) is 0 Å². The highest BCUT2D eigenvalue weighted by molar-refractivity contribution is 4.75. The molecule has 0 N–H and O–H groups in total. The van der Waals surface area contributed by atoms with Crippen LogP contribution in [0, 0.1) is 0 Å².